The van der Waals surface area contributed by atoms with Crippen molar-refractivity contribution in [1.82, 2.24) is 14.3 Å². The van der Waals surface area contributed by atoms with E-state index in [4.69, 9.17) is 0 Å². The molecule has 2 aliphatic heterocycles. The summed E-state index contributed by atoms with van der Waals surface area (Å²) in [5, 5.41) is 0. The van der Waals surface area contributed by atoms with Gasteiger partial charge in [-0.3, -0.25) is 4.79 Å². The summed E-state index contributed by atoms with van der Waals surface area (Å²) in [5.74, 6) is 0.738. The minimum Gasteiger partial charge on any atom is -0.342 e. The van der Waals surface area contributed by atoms with E-state index in [1.807, 2.05) is 35.9 Å². The summed E-state index contributed by atoms with van der Waals surface area (Å²) in [6.45, 7) is 3.13. The second-order valence-corrected chi connectivity index (χ2v) is 8.88. The standard InChI is InChI=1S/C16H19N3O3S/c1-11-3-2-4-18-8-14(17-16(11)18)5-15(20)19-6-12-9-23(21,22)10-13(12)7-19/h2-4,8,12-13H,5-7,9-10H2,1H3/t12-,13+. The number of aromatic nitrogens is 2. The van der Waals surface area contributed by atoms with Crippen LogP contribution in [0.5, 0.6) is 0 Å². The SMILES string of the molecule is Cc1cccn2cc(CC(=O)N3C[C@@H]4CS(=O)(=O)C[C@@H]4C3)nc12. The molecule has 0 unspecified atom stereocenters. The number of fused-ring (bicyclic) bond motifs is 2. The Hall–Kier alpha value is -1.89. The summed E-state index contributed by atoms with van der Waals surface area (Å²) in [6.07, 6.45) is 4.09. The number of amides is 1. The minimum absolute atomic E-state index is 0.0397. The van der Waals surface area contributed by atoms with E-state index in [2.05, 4.69) is 4.98 Å². The summed E-state index contributed by atoms with van der Waals surface area (Å²) in [4.78, 5) is 18.8. The van der Waals surface area contributed by atoms with Gasteiger partial charge in [0.15, 0.2) is 9.84 Å². The van der Waals surface area contributed by atoms with Gasteiger partial charge in [-0.2, -0.15) is 0 Å². The number of aryl methyl sites for hydroxylation is 1. The highest BCUT2D eigenvalue weighted by atomic mass is 32.2. The van der Waals surface area contributed by atoms with Crippen LogP contribution in [0.4, 0.5) is 0 Å². The third kappa shape index (κ3) is 2.63. The molecule has 0 bridgehead atoms. The van der Waals surface area contributed by atoms with Gasteiger partial charge in [-0.05, 0) is 30.4 Å². The van der Waals surface area contributed by atoms with Gasteiger partial charge in [0.1, 0.15) is 5.65 Å². The van der Waals surface area contributed by atoms with Crippen LogP contribution in [0, 0.1) is 18.8 Å². The van der Waals surface area contributed by atoms with Crippen molar-refractivity contribution in [1.29, 1.82) is 0 Å². The Morgan fingerprint density at radius 2 is 2.00 bits per heavy atom. The molecule has 23 heavy (non-hydrogen) atoms. The van der Waals surface area contributed by atoms with Crippen molar-refractivity contribution in [2.45, 2.75) is 13.3 Å². The van der Waals surface area contributed by atoms with Crippen LogP contribution in [0.15, 0.2) is 24.5 Å². The quantitative estimate of drug-likeness (QED) is 0.811. The third-order valence-electron chi connectivity index (χ3n) is 4.93. The Morgan fingerprint density at radius 3 is 2.65 bits per heavy atom. The van der Waals surface area contributed by atoms with E-state index >= 15 is 0 Å². The van der Waals surface area contributed by atoms with E-state index < -0.39 is 9.84 Å². The molecule has 122 valence electrons. The Kier molecular flexibility index (Phi) is 3.23. The van der Waals surface area contributed by atoms with Crippen LogP contribution < -0.4 is 0 Å². The number of imidazole rings is 1. The lowest BCUT2D eigenvalue weighted by Crippen LogP contribution is -2.32. The molecule has 2 saturated heterocycles. The van der Waals surface area contributed by atoms with Gasteiger partial charge in [-0.1, -0.05) is 6.07 Å². The van der Waals surface area contributed by atoms with Gasteiger partial charge in [0, 0.05) is 25.5 Å². The zero-order valence-electron chi connectivity index (χ0n) is 13.0. The molecule has 2 aromatic heterocycles. The van der Waals surface area contributed by atoms with Gasteiger partial charge in [0.25, 0.3) is 0 Å². The predicted molar refractivity (Wildman–Crippen MR) is 85.8 cm³/mol. The number of pyridine rings is 1. The molecular formula is C16H19N3O3S. The summed E-state index contributed by atoms with van der Waals surface area (Å²) >= 11 is 0. The first-order valence-corrected chi connectivity index (χ1v) is 9.65. The number of nitrogens with zero attached hydrogens (tertiary/aromatic N) is 3. The monoisotopic (exact) mass is 333 g/mol. The fourth-order valence-corrected chi connectivity index (χ4v) is 5.99. The number of rotatable bonds is 2. The number of hydrogen-bond donors (Lipinski definition) is 0. The van der Waals surface area contributed by atoms with Gasteiger partial charge in [-0.15, -0.1) is 0 Å². The van der Waals surface area contributed by atoms with Crippen LogP contribution in [-0.4, -0.2) is 53.2 Å². The molecule has 2 fully saturated rings. The van der Waals surface area contributed by atoms with E-state index in [1.165, 1.54) is 0 Å². The lowest BCUT2D eigenvalue weighted by atomic mass is 10.0. The second-order valence-electron chi connectivity index (χ2n) is 6.73. The van der Waals surface area contributed by atoms with Crippen molar-refractivity contribution in [2.75, 3.05) is 24.6 Å². The molecule has 2 atom stereocenters. The van der Waals surface area contributed by atoms with E-state index in [-0.39, 0.29) is 35.7 Å². The van der Waals surface area contributed by atoms with Crippen molar-refractivity contribution in [3.63, 3.8) is 0 Å². The van der Waals surface area contributed by atoms with Gasteiger partial charge in [-0.25, -0.2) is 13.4 Å². The highest BCUT2D eigenvalue weighted by Crippen LogP contribution is 2.32. The van der Waals surface area contributed by atoms with Crippen molar-refractivity contribution in [3.05, 3.63) is 35.8 Å². The van der Waals surface area contributed by atoms with E-state index in [0.29, 0.717) is 13.1 Å². The first-order valence-electron chi connectivity index (χ1n) is 7.83. The Morgan fingerprint density at radius 1 is 1.30 bits per heavy atom. The van der Waals surface area contributed by atoms with Crippen molar-refractivity contribution >= 4 is 21.4 Å². The number of carbonyl (C=O) groups is 1. The molecule has 4 rings (SSSR count). The average Bonchev–Trinajstić information content (AvgIpc) is 3.09. The van der Waals surface area contributed by atoms with Crippen molar-refractivity contribution < 1.29 is 13.2 Å². The molecule has 0 radical (unpaired) electrons. The topological polar surface area (TPSA) is 71.8 Å². The molecule has 0 aliphatic carbocycles. The first-order chi connectivity index (χ1) is 10.9. The van der Waals surface area contributed by atoms with Gasteiger partial charge in [0.2, 0.25) is 5.91 Å². The molecule has 2 aromatic rings. The molecular weight excluding hydrogens is 314 g/mol. The molecule has 0 spiro atoms. The fourth-order valence-electron chi connectivity index (χ4n) is 3.80. The minimum atomic E-state index is -2.89. The Labute approximate surface area is 135 Å². The normalized spacial score (nSPS) is 25.9. The lowest BCUT2D eigenvalue weighted by Gasteiger charge is -2.16. The number of hydrogen-bond acceptors (Lipinski definition) is 4. The largest absolute Gasteiger partial charge is 0.342 e. The predicted octanol–water partition coefficient (Wildman–Crippen LogP) is 0.688. The first kappa shape index (κ1) is 14.7. The Bertz CT molecular complexity index is 867. The molecule has 1 amide bonds. The highest BCUT2D eigenvalue weighted by molar-refractivity contribution is 7.91. The van der Waals surface area contributed by atoms with Crippen LogP contribution in [0.25, 0.3) is 5.65 Å². The van der Waals surface area contributed by atoms with E-state index in [9.17, 15) is 13.2 Å². The highest BCUT2D eigenvalue weighted by Gasteiger charge is 2.44. The van der Waals surface area contributed by atoms with E-state index in [1.54, 1.807) is 4.90 Å². The lowest BCUT2D eigenvalue weighted by molar-refractivity contribution is -0.129. The maximum atomic E-state index is 12.5. The fraction of sp³-hybridized carbons (Fsp3) is 0.500. The second kappa shape index (κ2) is 5.06. The molecule has 0 saturated carbocycles. The van der Waals surface area contributed by atoms with E-state index in [0.717, 1.165) is 16.9 Å². The Balaban J connectivity index is 1.47. The van der Waals surface area contributed by atoms with Crippen molar-refractivity contribution in [3.8, 4) is 0 Å². The molecule has 4 heterocycles. The molecule has 0 N–H and O–H groups in total. The van der Waals surface area contributed by atoms with Crippen LogP contribution in [-0.2, 0) is 21.1 Å². The van der Waals surface area contributed by atoms with Gasteiger partial charge in [0.05, 0.1) is 23.6 Å². The molecule has 2 aliphatic rings. The zero-order valence-corrected chi connectivity index (χ0v) is 13.8. The number of likely N-dealkylation sites (tertiary alicyclic amines) is 1. The average molecular weight is 333 g/mol. The van der Waals surface area contributed by atoms with Crippen LogP contribution >= 0.6 is 0 Å². The van der Waals surface area contributed by atoms with Crippen LogP contribution in [0.1, 0.15) is 11.3 Å². The summed E-state index contributed by atoms with van der Waals surface area (Å²) in [7, 11) is -2.89. The molecule has 6 nitrogen and oxygen atoms in total. The third-order valence-corrected chi connectivity index (χ3v) is 6.80. The summed E-state index contributed by atoms with van der Waals surface area (Å²) in [6, 6.07) is 3.95. The van der Waals surface area contributed by atoms with Crippen molar-refractivity contribution in [2.24, 2.45) is 11.8 Å². The van der Waals surface area contributed by atoms with Gasteiger partial charge >= 0.3 is 0 Å². The van der Waals surface area contributed by atoms with Crippen LogP contribution in [0.2, 0.25) is 0 Å². The maximum Gasteiger partial charge on any atom is 0.228 e. The number of carbonyl (C=O) groups excluding carboxylic acids is 1. The molecule has 0 aromatic carbocycles. The maximum absolute atomic E-state index is 12.5. The number of sulfone groups is 1. The van der Waals surface area contributed by atoms with Crippen LogP contribution in [0.3, 0.4) is 0 Å². The molecule has 7 heteroatoms. The summed E-state index contributed by atoms with van der Waals surface area (Å²) < 4.78 is 25.2. The van der Waals surface area contributed by atoms with Gasteiger partial charge < -0.3 is 9.30 Å². The zero-order chi connectivity index (χ0) is 16.2. The summed E-state index contributed by atoms with van der Waals surface area (Å²) in [5.41, 5.74) is 2.71. The smallest absolute Gasteiger partial charge is 0.228 e.